The summed E-state index contributed by atoms with van der Waals surface area (Å²) in [5, 5.41) is 21.5. The van der Waals surface area contributed by atoms with E-state index >= 15 is 0 Å². The average molecular weight is 371 g/mol. The Morgan fingerprint density at radius 3 is 2.07 bits per heavy atom. The van der Waals surface area contributed by atoms with Crippen molar-refractivity contribution in [3.63, 3.8) is 0 Å². The fraction of sp³-hybridized carbons (Fsp3) is 0.333. The number of carboxylic acids is 1. The van der Waals surface area contributed by atoms with E-state index in [-0.39, 0.29) is 6.42 Å². The number of rotatable bonds is 6. The van der Waals surface area contributed by atoms with Gasteiger partial charge in [-0.25, -0.2) is 9.59 Å². The largest absolute Gasteiger partial charge is 0.479 e. The molecule has 0 aliphatic rings. The molecule has 0 aromatic heterocycles. The van der Waals surface area contributed by atoms with Crippen LogP contribution in [0.1, 0.15) is 26.3 Å². The molecular formula is C21H25NO5. The monoisotopic (exact) mass is 371 g/mol. The molecule has 2 aromatic carbocycles. The Labute approximate surface area is 158 Å². The first-order valence-electron chi connectivity index (χ1n) is 8.70. The summed E-state index contributed by atoms with van der Waals surface area (Å²) < 4.78 is 5.16. The molecule has 2 rings (SSSR count). The van der Waals surface area contributed by atoms with Gasteiger partial charge in [-0.2, -0.15) is 0 Å². The van der Waals surface area contributed by atoms with Crippen LogP contribution in [0.2, 0.25) is 0 Å². The SMILES string of the molecule is CC(C)(C)OC(=O)N[C@H](Cc1ccc(-c2ccccc2)cc1)[C@H](O)C(=O)O. The van der Waals surface area contributed by atoms with E-state index < -0.39 is 29.8 Å². The molecular weight excluding hydrogens is 346 g/mol. The minimum atomic E-state index is -1.74. The first kappa shape index (κ1) is 20.5. The van der Waals surface area contributed by atoms with Crippen LogP contribution in [0, 0.1) is 0 Å². The number of aliphatic hydroxyl groups excluding tert-OH is 1. The molecule has 27 heavy (non-hydrogen) atoms. The summed E-state index contributed by atoms with van der Waals surface area (Å²) in [5.41, 5.74) is 2.16. The number of hydrogen-bond acceptors (Lipinski definition) is 4. The summed E-state index contributed by atoms with van der Waals surface area (Å²) in [4.78, 5) is 23.2. The van der Waals surface area contributed by atoms with Crippen molar-refractivity contribution in [2.24, 2.45) is 0 Å². The normalized spacial score (nSPS) is 13.5. The molecule has 0 saturated carbocycles. The molecule has 0 bridgehead atoms. The number of carboxylic acid groups (broad SMARTS) is 1. The second-order valence-electron chi connectivity index (χ2n) is 7.30. The minimum absolute atomic E-state index is 0.155. The van der Waals surface area contributed by atoms with Gasteiger partial charge in [-0.3, -0.25) is 0 Å². The molecule has 6 heteroatoms. The number of nitrogens with one attached hydrogen (secondary N) is 1. The lowest BCUT2D eigenvalue weighted by Gasteiger charge is -2.25. The van der Waals surface area contributed by atoms with Crippen LogP contribution in [0.5, 0.6) is 0 Å². The Morgan fingerprint density at radius 1 is 1.00 bits per heavy atom. The smallest absolute Gasteiger partial charge is 0.407 e. The Morgan fingerprint density at radius 2 is 1.56 bits per heavy atom. The molecule has 0 aliphatic heterocycles. The Hall–Kier alpha value is -2.86. The third-order valence-corrected chi connectivity index (χ3v) is 3.85. The maximum atomic E-state index is 12.0. The summed E-state index contributed by atoms with van der Waals surface area (Å²) in [6.07, 6.45) is -2.36. The van der Waals surface area contributed by atoms with E-state index in [0.717, 1.165) is 16.7 Å². The van der Waals surface area contributed by atoms with Gasteiger partial charge in [-0.1, -0.05) is 54.6 Å². The molecule has 1 amide bonds. The second kappa shape index (κ2) is 8.68. The number of carbonyl (C=O) groups is 2. The van der Waals surface area contributed by atoms with Crippen LogP contribution in [0.3, 0.4) is 0 Å². The van der Waals surface area contributed by atoms with E-state index in [9.17, 15) is 14.7 Å². The summed E-state index contributed by atoms with van der Waals surface area (Å²) >= 11 is 0. The highest BCUT2D eigenvalue weighted by atomic mass is 16.6. The first-order valence-corrected chi connectivity index (χ1v) is 8.70. The lowest BCUT2D eigenvalue weighted by molar-refractivity contribution is -0.148. The van der Waals surface area contributed by atoms with E-state index in [1.807, 2.05) is 54.6 Å². The topological polar surface area (TPSA) is 95.9 Å². The molecule has 144 valence electrons. The summed E-state index contributed by atoms with van der Waals surface area (Å²) in [6, 6.07) is 16.4. The van der Waals surface area contributed by atoms with E-state index in [1.165, 1.54) is 0 Å². The highest BCUT2D eigenvalue weighted by molar-refractivity contribution is 5.75. The van der Waals surface area contributed by atoms with E-state index in [0.29, 0.717) is 0 Å². The lowest BCUT2D eigenvalue weighted by atomic mass is 9.98. The van der Waals surface area contributed by atoms with Gasteiger partial charge >= 0.3 is 12.1 Å². The summed E-state index contributed by atoms with van der Waals surface area (Å²) in [7, 11) is 0. The molecule has 2 atom stereocenters. The van der Waals surface area contributed by atoms with Crippen LogP contribution in [0.4, 0.5) is 4.79 Å². The number of hydrogen-bond donors (Lipinski definition) is 3. The van der Waals surface area contributed by atoms with Gasteiger partial charge in [-0.15, -0.1) is 0 Å². The van der Waals surface area contributed by atoms with Gasteiger partial charge in [0.25, 0.3) is 0 Å². The van der Waals surface area contributed by atoms with Crippen LogP contribution in [-0.2, 0) is 16.0 Å². The van der Waals surface area contributed by atoms with Crippen molar-refractivity contribution in [2.45, 2.75) is 44.9 Å². The standard InChI is InChI=1S/C21H25NO5/c1-21(2,3)27-20(26)22-17(18(23)19(24)25)13-14-9-11-16(12-10-14)15-7-5-4-6-8-15/h4-12,17-18,23H,13H2,1-3H3,(H,22,26)(H,24,25)/t17-,18+/m1/s1. The minimum Gasteiger partial charge on any atom is -0.479 e. The fourth-order valence-corrected chi connectivity index (χ4v) is 2.59. The van der Waals surface area contributed by atoms with Gasteiger partial charge in [0.05, 0.1) is 6.04 Å². The molecule has 6 nitrogen and oxygen atoms in total. The van der Waals surface area contributed by atoms with Crippen LogP contribution >= 0.6 is 0 Å². The number of aliphatic carboxylic acids is 1. The molecule has 3 N–H and O–H groups in total. The molecule has 0 heterocycles. The average Bonchev–Trinajstić information content (AvgIpc) is 2.60. The van der Waals surface area contributed by atoms with E-state index in [4.69, 9.17) is 9.84 Å². The molecule has 0 fully saturated rings. The number of alkyl carbamates (subject to hydrolysis) is 1. The van der Waals surface area contributed by atoms with Crippen molar-refractivity contribution in [2.75, 3.05) is 0 Å². The molecule has 0 aliphatic carbocycles. The first-order chi connectivity index (χ1) is 12.7. The number of benzene rings is 2. The zero-order valence-corrected chi connectivity index (χ0v) is 15.7. The van der Waals surface area contributed by atoms with Crippen molar-refractivity contribution < 1.29 is 24.5 Å². The Bertz CT molecular complexity index is 765. The summed E-state index contributed by atoms with van der Waals surface area (Å²) in [6.45, 7) is 5.12. The van der Waals surface area contributed by atoms with Gasteiger partial charge in [0, 0.05) is 0 Å². The Balaban J connectivity index is 2.12. The van der Waals surface area contributed by atoms with Crippen molar-refractivity contribution in [1.82, 2.24) is 5.32 Å². The van der Waals surface area contributed by atoms with E-state index in [2.05, 4.69) is 5.32 Å². The third-order valence-electron chi connectivity index (χ3n) is 3.85. The zero-order valence-electron chi connectivity index (χ0n) is 15.7. The van der Waals surface area contributed by atoms with Gasteiger partial charge < -0.3 is 20.3 Å². The van der Waals surface area contributed by atoms with Gasteiger partial charge in [0.1, 0.15) is 5.60 Å². The van der Waals surface area contributed by atoms with Crippen LogP contribution in [0.15, 0.2) is 54.6 Å². The molecule has 0 spiro atoms. The number of carbonyl (C=O) groups excluding carboxylic acids is 1. The van der Waals surface area contributed by atoms with Crippen molar-refractivity contribution in [3.05, 3.63) is 60.2 Å². The number of amides is 1. The van der Waals surface area contributed by atoms with Crippen LogP contribution in [0.25, 0.3) is 11.1 Å². The maximum absolute atomic E-state index is 12.0. The summed E-state index contributed by atoms with van der Waals surface area (Å²) in [5.74, 6) is -1.41. The van der Waals surface area contributed by atoms with Crippen LogP contribution < -0.4 is 5.32 Å². The predicted octanol–water partition coefficient (Wildman–Crippen LogP) is 3.23. The maximum Gasteiger partial charge on any atom is 0.407 e. The fourth-order valence-electron chi connectivity index (χ4n) is 2.59. The van der Waals surface area contributed by atoms with Crippen molar-refractivity contribution >= 4 is 12.1 Å². The van der Waals surface area contributed by atoms with Gasteiger partial charge in [0.15, 0.2) is 6.10 Å². The molecule has 0 unspecified atom stereocenters. The quantitative estimate of drug-likeness (QED) is 0.724. The molecule has 2 aromatic rings. The van der Waals surface area contributed by atoms with Gasteiger partial charge in [0.2, 0.25) is 0 Å². The lowest BCUT2D eigenvalue weighted by Crippen LogP contribution is -2.49. The highest BCUT2D eigenvalue weighted by Crippen LogP contribution is 2.20. The molecule has 0 saturated heterocycles. The molecule has 0 radical (unpaired) electrons. The number of ether oxygens (including phenoxy) is 1. The van der Waals surface area contributed by atoms with Crippen molar-refractivity contribution in [3.8, 4) is 11.1 Å². The Kier molecular flexibility index (Phi) is 6.58. The predicted molar refractivity (Wildman–Crippen MR) is 102 cm³/mol. The van der Waals surface area contributed by atoms with Crippen molar-refractivity contribution in [1.29, 1.82) is 0 Å². The van der Waals surface area contributed by atoms with Gasteiger partial charge in [-0.05, 0) is 43.9 Å². The number of aliphatic hydroxyl groups is 1. The van der Waals surface area contributed by atoms with E-state index in [1.54, 1.807) is 20.8 Å². The highest BCUT2D eigenvalue weighted by Gasteiger charge is 2.29. The second-order valence-corrected chi connectivity index (χ2v) is 7.30. The third kappa shape index (κ3) is 6.42. The van der Waals surface area contributed by atoms with Crippen LogP contribution in [-0.4, -0.2) is 40.0 Å². The zero-order chi connectivity index (χ0) is 20.0.